The maximum atomic E-state index is 12.8. The molecule has 0 rings (SSSR count). The number of rotatable bonds is 54. The third-order valence-corrected chi connectivity index (χ3v) is 12.9. The number of esters is 3. The summed E-state index contributed by atoms with van der Waals surface area (Å²) in [6.07, 6.45) is 77.5. The lowest BCUT2D eigenvalue weighted by atomic mass is 10.0. The topological polar surface area (TPSA) is 78.9 Å². The molecule has 6 heteroatoms. The van der Waals surface area contributed by atoms with Gasteiger partial charge in [0.05, 0.1) is 0 Å². The molecular weight excluding hydrogens is 877 g/mol. The first-order valence-corrected chi connectivity index (χ1v) is 30.1. The molecule has 0 aromatic heterocycles. The molecule has 0 aromatic carbocycles. The summed E-state index contributed by atoms with van der Waals surface area (Å²) < 4.78 is 16.8. The zero-order chi connectivity index (χ0) is 51.4. The molecule has 6 nitrogen and oxygen atoms in total. The fourth-order valence-corrected chi connectivity index (χ4v) is 8.31. The molecule has 0 bridgehead atoms. The summed E-state index contributed by atoms with van der Waals surface area (Å²) in [6.45, 7) is 6.45. The highest BCUT2D eigenvalue weighted by Crippen LogP contribution is 2.16. The van der Waals surface area contributed by atoms with Gasteiger partial charge in [-0.3, -0.25) is 14.4 Å². The summed E-state index contributed by atoms with van der Waals surface area (Å²) >= 11 is 0. The van der Waals surface area contributed by atoms with Gasteiger partial charge in [-0.1, -0.05) is 254 Å². The summed E-state index contributed by atoms with van der Waals surface area (Å²) in [5, 5.41) is 0. The van der Waals surface area contributed by atoms with E-state index in [0.29, 0.717) is 19.3 Å². The number of carbonyl (C=O) groups is 3. The monoisotopic (exact) mass is 989 g/mol. The summed E-state index contributed by atoms with van der Waals surface area (Å²) in [4.78, 5) is 38.0. The Morgan fingerprint density at radius 1 is 0.296 bits per heavy atom. The van der Waals surface area contributed by atoms with E-state index in [1.54, 1.807) is 0 Å². The van der Waals surface area contributed by atoms with E-state index in [4.69, 9.17) is 14.2 Å². The summed E-state index contributed by atoms with van der Waals surface area (Å²) in [7, 11) is 0. The SMILES string of the molecule is CC/C=C\C/C=C\C/C=C\C/C=C\C/C=C\CCCCCCCCCCCCCCCCCC(=O)OCC(COC(=O)CCCCCCC/C=C\CCCC)OC(=O)CCCCCCC/C=C\CCCC. The molecular formula is C65H112O6. The molecule has 0 heterocycles. The van der Waals surface area contributed by atoms with Gasteiger partial charge in [-0.25, -0.2) is 0 Å². The van der Waals surface area contributed by atoms with E-state index < -0.39 is 6.10 Å². The maximum Gasteiger partial charge on any atom is 0.306 e. The first-order chi connectivity index (χ1) is 35.0. The average molecular weight is 990 g/mol. The Morgan fingerprint density at radius 3 is 0.873 bits per heavy atom. The highest BCUT2D eigenvalue weighted by atomic mass is 16.6. The van der Waals surface area contributed by atoms with Gasteiger partial charge in [0.1, 0.15) is 13.2 Å². The predicted molar refractivity (Wildman–Crippen MR) is 307 cm³/mol. The quantitative estimate of drug-likeness (QED) is 0.0261. The maximum absolute atomic E-state index is 12.8. The van der Waals surface area contributed by atoms with Crippen LogP contribution < -0.4 is 0 Å². The molecule has 71 heavy (non-hydrogen) atoms. The Morgan fingerprint density at radius 2 is 0.549 bits per heavy atom. The minimum atomic E-state index is -0.781. The molecule has 0 N–H and O–H groups in total. The summed E-state index contributed by atoms with van der Waals surface area (Å²) in [5.41, 5.74) is 0. The van der Waals surface area contributed by atoms with Crippen LogP contribution >= 0.6 is 0 Å². The van der Waals surface area contributed by atoms with Crippen molar-refractivity contribution in [1.82, 2.24) is 0 Å². The van der Waals surface area contributed by atoms with Crippen LogP contribution in [-0.4, -0.2) is 37.2 Å². The smallest absolute Gasteiger partial charge is 0.306 e. The van der Waals surface area contributed by atoms with Gasteiger partial charge in [0.25, 0.3) is 0 Å². The highest BCUT2D eigenvalue weighted by Gasteiger charge is 2.19. The van der Waals surface area contributed by atoms with Crippen molar-refractivity contribution in [3.05, 3.63) is 85.1 Å². The Balaban J connectivity index is 4.10. The van der Waals surface area contributed by atoms with E-state index in [0.717, 1.165) is 109 Å². The van der Waals surface area contributed by atoms with Gasteiger partial charge in [0, 0.05) is 19.3 Å². The molecule has 0 radical (unpaired) electrons. The van der Waals surface area contributed by atoms with Crippen LogP contribution in [0.3, 0.4) is 0 Å². The molecule has 1 atom stereocenters. The van der Waals surface area contributed by atoms with E-state index in [1.165, 1.54) is 141 Å². The molecule has 0 saturated heterocycles. The Hall–Kier alpha value is -3.41. The number of hydrogen-bond donors (Lipinski definition) is 0. The van der Waals surface area contributed by atoms with Gasteiger partial charge in [-0.15, -0.1) is 0 Å². The lowest BCUT2D eigenvalue weighted by Crippen LogP contribution is -2.30. The van der Waals surface area contributed by atoms with Crippen LogP contribution in [0.2, 0.25) is 0 Å². The van der Waals surface area contributed by atoms with Crippen LogP contribution in [0.15, 0.2) is 85.1 Å². The molecule has 0 amide bonds. The van der Waals surface area contributed by atoms with Gasteiger partial charge < -0.3 is 14.2 Å². The van der Waals surface area contributed by atoms with Crippen molar-refractivity contribution in [3.8, 4) is 0 Å². The fraction of sp³-hybridized carbons (Fsp3) is 0.738. The molecule has 0 spiro atoms. The van der Waals surface area contributed by atoms with E-state index in [1.807, 2.05) is 0 Å². The van der Waals surface area contributed by atoms with Crippen LogP contribution in [0.5, 0.6) is 0 Å². The van der Waals surface area contributed by atoms with Crippen LogP contribution in [-0.2, 0) is 28.6 Å². The molecule has 0 aliphatic rings. The first kappa shape index (κ1) is 67.6. The number of unbranched alkanes of at least 4 members (excludes halogenated alkanes) is 29. The lowest BCUT2D eigenvalue weighted by Gasteiger charge is -2.18. The second-order valence-corrected chi connectivity index (χ2v) is 19.9. The molecule has 0 aliphatic heterocycles. The Bertz CT molecular complexity index is 1370. The van der Waals surface area contributed by atoms with Crippen LogP contribution in [0.1, 0.15) is 290 Å². The zero-order valence-corrected chi connectivity index (χ0v) is 46.7. The van der Waals surface area contributed by atoms with Crippen molar-refractivity contribution < 1.29 is 28.6 Å². The van der Waals surface area contributed by atoms with Gasteiger partial charge in [-0.2, -0.15) is 0 Å². The van der Waals surface area contributed by atoms with Crippen molar-refractivity contribution in [1.29, 1.82) is 0 Å². The van der Waals surface area contributed by atoms with Crippen molar-refractivity contribution in [2.45, 2.75) is 297 Å². The van der Waals surface area contributed by atoms with Crippen LogP contribution in [0, 0.1) is 0 Å². The molecule has 1 unspecified atom stereocenters. The minimum Gasteiger partial charge on any atom is -0.462 e. The predicted octanol–water partition coefficient (Wildman–Crippen LogP) is 20.3. The normalized spacial score (nSPS) is 12.7. The molecule has 0 fully saturated rings. The van der Waals surface area contributed by atoms with Crippen molar-refractivity contribution in [2.24, 2.45) is 0 Å². The first-order valence-electron chi connectivity index (χ1n) is 30.1. The molecule has 408 valence electrons. The Kier molecular flexibility index (Phi) is 56.3. The largest absolute Gasteiger partial charge is 0.462 e. The summed E-state index contributed by atoms with van der Waals surface area (Å²) in [6, 6.07) is 0. The van der Waals surface area contributed by atoms with Gasteiger partial charge in [-0.05, 0) is 103 Å². The zero-order valence-electron chi connectivity index (χ0n) is 46.7. The van der Waals surface area contributed by atoms with Gasteiger partial charge in [0.15, 0.2) is 6.10 Å². The lowest BCUT2D eigenvalue weighted by molar-refractivity contribution is -0.167. The van der Waals surface area contributed by atoms with Gasteiger partial charge >= 0.3 is 17.9 Å². The van der Waals surface area contributed by atoms with Crippen molar-refractivity contribution >= 4 is 17.9 Å². The van der Waals surface area contributed by atoms with Crippen molar-refractivity contribution in [2.75, 3.05) is 13.2 Å². The summed E-state index contributed by atoms with van der Waals surface area (Å²) in [5.74, 6) is -0.895. The second-order valence-electron chi connectivity index (χ2n) is 19.9. The standard InChI is InChI=1S/C65H112O6/c1-4-7-10-13-16-19-22-23-24-25-26-27-28-29-30-31-32-33-34-35-36-37-38-39-40-41-44-46-49-52-55-58-64(67)70-61-62(71-65(68)59-56-53-50-47-43-21-18-15-12-9-6-3)60-69-63(66)57-54-51-48-45-42-20-17-14-11-8-5-2/h7,10,14-19,23-24,26-27,29-30,62H,4-6,8-9,11-13,20-22,25,28,31-61H2,1-3H3/b10-7-,17-14-,18-15-,19-16-,24-23-,27-26-,30-29-. The molecule has 0 aliphatic carbocycles. The number of allylic oxidation sites excluding steroid dienone is 14. The highest BCUT2D eigenvalue weighted by molar-refractivity contribution is 5.71. The average Bonchev–Trinajstić information content (AvgIpc) is 3.37. The molecule has 0 saturated carbocycles. The third kappa shape index (κ3) is 57.4. The van der Waals surface area contributed by atoms with Crippen LogP contribution in [0.4, 0.5) is 0 Å². The minimum absolute atomic E-state index is 0.0804. The number of ether oxygens (including phenoxy) is 3. The van der Waals surface area contributed by atoms with E-state index in [-0.39, 0.29) is 31.1 Å². The van der Waals surface area contributed by atoms with E-state index in [2.05, 4.69) is 106 Å². The Labute approximate surface area is 439 Å². The number of carbonyl (C=O) groups excluding carboxylic acids is 3. The third-order valence-electron chi connectivity index (χ3n) is 12.9. The van der Waals surface area contributed by atoms with E-state index >= 15 is 0 Å². The van der Waals surface area contributed by atoms with Crippen molar-refractivity contribution in [3.63, 3.8) is 0 Å². The second kappa shape index (κ2) is 59.2. The van der Waals surface area contributed by atoms with E-state index in [9.17, 15) is 14.4 Å². The van der Waals surface area contributed by atoms with Crippen LogP contribution in [0.25, 0.3) is 0 Å². The number of hydrogen-bond acceptors (Lipinski definition) is 6. The van der Waals surface area contributed by atoms with Gasteiger partial charge in [0.2, 0.25) is 0 Å². The molecule has 0 aromatic rings. The fourth-order valence-electron chi connectivity index (χ4n) is 8.31.